The molecule has 1 fully saturated rings. The van der Waals surface area contributed by atoms with Crippen LogP contribution < -0.4 is 14.8 Å². The van der Waals surface area contributed by atoms with Crippen molar-refractivity contribution < 1.29 is 14.2 Å². The first-order valence-electron chi connectivity index (χ1n) is 11.6. The van der Waals surface area contributed by atoms with Gasteiger partial charge in [-0.25, -0.2) is 0 Å². The summed E-state index contributed by atoms with van der Waals surface area (Å²) in [5.41, 5.74) is 4.14. The Hall–Kier alpha value is -3.06. The van der Waals surface area contributed by atoms with Crippen LogP contribution >= 0.6 is 34.5 Å². The number of thiophene rings is 1. The second-order valence-corrected chi connectivity index (χ2v) is 10.3. The van der Waals surface area contributed by atoms with Gasteiger partial charge in [0.15, 0.2) is 5.75 Å². The largest absolute Gasteiger partial charge is 0.495 e. The summed E-state index contributed by atoms with van der Waals surface area (Å²) in [6.07, 6.45) is 1.54. The summed E-state index contributed by atoms with van der Waals surface area (Å²) in [5.74, 6) is 1.11. The Balaban J connectivity index is 1.55. The minimum Gasteiger partial charge on any atom is -0.495 e. The highest BCUT2D eigenvalue weighted by Crippen LogP contribution is 2.42. The van der Waals surface area contributed by atoms with Gasteiger partial charge in [-0.15, -0.1) is 11.3 Å². The van der Waals surface area contributed by atoms with Crippen molar-refractivity contribution in [1.29, 1.82) is 5.26 Å². The monoisotopic (exact) mass is 554 g/mol. The molecule has 2 aromatic heterocycles. The molecule has 0 radical (unpaired) electrons. The van der Waals surface area contributed by atoms with Gasteiger partial charge in [0, 0.05) is 47.7 Å². The van der Waals surface area contributed by atoms with E-state index in [4.69, 9.17) is 37.4 Å². The predicted molar refractivity (Wildman–Crippen MR) is 149 cm³/mol. The zero-order valence-electron chi connectivity index (χ0n) is 20.3. The maximum atomic E-state index is 9.82. The van der Waals surface area contributed by atoms with Crippen LogP contribution in [0, 0.1) is 11.3 Å². The Morgan fingerprint density at radius 2 is 1.95 bits per heavy atom. The lowest BCUT2D eigenvalue weighted by Crippen LogP contribution is -2.35. The van der Waals surface area contributed by atoms with Crippen molar-refractivity contribution in [2.75, 3.05) is 45.8 Å². The molecule has 7 nitrogen and oxygen atoms in total. The summed E-state index contributed by atoms with van der Waals surface area (Å²) in [5, 5.41) is 16.8. The van der Waals surface area contributed by atoms with Crippen LogP contribution in [-0.2, 0) is 11.3 Å². The molecule has 1 aliphatic heterocycles. The first-order chi connectivity index (χ1) is 18.0. The number of anilines is 2. The lowest BCUT2D eigenvalue weighted by Gasteiger charge is -2.25. The van der Waals surface area contributed by atoms with Gasteiger partial charge in [-0.2, -0.15) is 5.26 Å². The quantitative estimate of drug-likeness (QED) is 0.271. The lowest BCUT2D eigenvalue weighted by atomic mass is 10.0. The van der Waals surface area contributed by atoms with Crippen LogP contribution in [0.3, 0.4) is 0 Å². The fraction of sp³-hybridized carbons (Fsp3) is 0.259. The molecule has 37 heavy (non-hydrogen) atoms. The van der Waals surface area contributed by atoms with E-state index in [-0.39, 0.29) is 0 Å². The molecule has 0 atom stereocenters. The summed E-state index contributed by atoms with van der Waals surface area (Å²) in [6, 6.07) is 11.7. The van der Waals surface area contributed by atoms with Gasteiger partial charge in [-0.3, -0.25) is 9.88 Å². The van der Waals surface area contributed by atoms with Crippen LogP contribution in [0.25, 0.3) is 22.0 Å². The Morgan fingerprint density at radius 3 is 2.68 bits per heavy atom. The topological polar surface area (TPSA) is 79.6 Å². The van der Waals surface area contributed by atoms with Gasteiger partial charge >= 0.3 is 0 Å². The second-order valence-electron chi connectivity index (χ2n) is 8.48. The summed E-state index contributed by atoms with van der Waals surface area (Å²) < 4.78 is 16.7. The van der Waals surface area contributed by atoms with Crippen molar-refractivity contribution >= 4 is 56.8 Å². The molecular formula is C27H24Cl2N4O3S. The van der Waals surface area contributed by atoms with Crippen LogP contribution in [-0.4, -0.2) is 50.4 Å². The molecule has 1 saturated heterocycles. The molecule has 0 amide bonds. The molecule has 10 heteroatoms. The fourth-order valence-electron chi connectivity index (χ4n) is 4.39. The molecule has 0 unspecified atom stereocenters. The van der Waals surface area contributed by atoms with Crippen LogP contribution in [0.15, 0.2) is 41.9 Å². The minimum atomic E-state index is 0.371. The number of benzene rings is 2. The molecule has 3 heterocycles. The van der Waals surface area contributed by atoms with E-state index in [1.807, 2.05) is 12.1 Å². The van der Waals surface area contributed by atoms with E-state index in [2.05, 4.69) is 32.7 Å². The maximum Gasteiger partial charge on any atom is 0.153 e. The van der Waals surface area contributed by atoms with E-state index in [1.54, 1.807) is 30.6 Å². The summed E-state index contributed by atoms with van der Waals surface area (Å²) in [4.78, 5) is 8.27. The van der Waals surface area contributed by atoms with E-state index in [0.29, 0.717) is 44.0 Å². The number of fused-ring (bicyclic) bond motifs is 1. The van der Waals surface area contributed by atoms with Crippen molar-refractivity contribution in [3.8, 4) is 28.7 Å². The van der Waals surface area contributed by atoms with Gasteiger partial charge < -0.3 is 19.5 Å². The fourth-order valence-corrected chi connectivity index (χ4v) is 5.83. The summed E-state index contributed by atoms with van der Waals surface area (Å²) in [7, 11) is 3.16. The molecule has 0 saturated carbocycles. The number of nitrogens with zero attached hydrogens (tertiary/aromatic N) is 3. The number of nitriles is 1. The van der Waals surface area contributed by atoms with E-state index < -0.39 is 0 Å². The van der Waals surface area contributed by atoms with Crippen molar-refractivity contribution in [1.82, 2.24) is 9.88 Å². The van der Waals surface area contributed by atoms with E-state index in [1.165, 1.54) is 18.2 Å². The lowest BCUT2D eigenvalue weighted by molar-refractivity contribution is 0.0346. The molecular weight excluding hydrogens is 531 g/mol. The van der Waals surface area contributed by atoms with Gasteiger partial charge in [0.1, 0.15) is 17.3 Å². The first kappa shape index (κ1) is 25.6. The predicted octanol–water partition coefficient (Wildman–Crippen LogP) is 6.73. The third-order valence-electron chi connectivity index (χ3n) is 6.27. The van der Waals surface area contributed by atoms with Crippen molar-refractivity contribution in [3.63, 3.8) is 0 Å². The second kappa shape index (κ2) is 11.1. The smallest absolute Gasteiger partial charge is 0.153 e. The Labute approximate surface area is 229 Å². The highest BCUT2D eigenvalue weighted by Gasteiger charge is 2.19. The summed E-state index contributed by atoms with van der Waals surface area (Å²) in [6.45, 7) is 4.33. The molecule has 0 spiro atoms. The van der Waals surface area contributed by atoms with Crippen LogP contribution in [0.1, 0.15) is 10.4 Å². The zero-order valence-corrected chi connectivity index (χ0v) is 22.6. The molecule has 0 bridgehead atoms. The molecule has 1 N–H and O–H groups in total. The Morgan fingerprint density at radius 1 is 1.14 bits per heavy atom. The van der Waals surface area contributed by atoms with Crippen molar-refractivity contribution in [2.45, 2.75) is 6.54 Å². The Kier molecular flexibility index (Phi) is 7.70. The van der Waals surface area contributed by atoms with Gasteiger partial charge in [-0.1, -0.05) is 23.2 Å². The number of methoxy groups -OCH3 is 2. The molecule has 2 aromatic carbocycles. The number of nitrogens with one attached hydrogen (secondary N) is 1. The molecule has 0 aliphatic carbocycles. The maximum absolute atomic E-state index is 9.82. The number of aromatic nitrogens is 1. The normalized spacial score (nSPS) is 13.9. The number of ether oxygens (including phenoxy) is 3. The number of morpholine rings is 1. The SMILES string of the molecule is COc1cc(Nc2c(C#N)cnc3c(OC)c(-c4csc(CN5CCOCC5)c4)ccc23)c(Cl)cc1Cl. The standard InChI is InChI=1S/C27H24Cl2N4O3S/c1-34-24-11-23(21(28)10-22(24)29)32-25-17(12-30)13-31-26-20(25)4-3-19(27(26)35-2)16-9-18(37-15-16)14-33-5-7-36-8-6-33/h3-4,9-11,13,15H,5-8,14H2,1-2H3,(H,31,32). The first-order valence-corrected chi connectivity index (χ1v) is 13.2. The molecule has 190 valence electrons. The van der Waals surface area contributed by atoms with Crippen molar-refractivity contribution in [2.24, 2.45) is 0 Å². The van der Waals surface area contributed by atoms with Gasteiger partial charge in [0.2, 0.25) is 0 Å². The zero-order chi connectivity index (χ0) is 25.9. The Bertz CT molecular complexity index is 1500. The van der Waals surface area contributed by atoms with Gasteiger partial charge in [0.25, 0.3) is 0 Å². The average Bonchev–Trinajstić information content (AvgIpc) is 3.38. The average molecular weight is 555 g/mol. The van der Waals surface area contributed by atoms with E-state index in [0.717, 1.165) is 49.4 Å². The number of rotatable bonds is 7. The van der Waals surface area contributed by atoms with E-state index in [9.17, 15) is 5.26 Å². The number of hydrogen-bond acceptors (Lipinski definition) is 8. The van der Waals surface area contributed by atoms with Crippen LogP contribution in [0.5, 0.6) is 11.5 Å². The third-order valence-corrected chi connectivity index (χ3v) is 7.80. The molecule has 4 aromatic rings. The van der Waals surface area contributed by atoms with Crippen molar-refractivity contribution in [3.05, 3.63) is 62.4 Å². The molecule has 5 rings (SSSR count). The van der Waals surface area contributed by atoms with Gasteiger partial charge in [0.05, 0.1) is 54.4 Å². The van der Waals surface area contributed by atoms with E-state index >= 15 is 0 Å². The van der Waals surface area contributed by atoms with Crippen LogP contribution in [0.2, 0.25) is 10.0 Å². The highest BCUT2D eigenvalue weighted by atomic mass is 35.5. The number of hydrogen-bond donors (Lipinski definition) is 1. The highest BCUT2D eigenvalue weighted by molar-refractivity contribution is 7.10. The van der Waals surface area contributed by atoms with Crippen LogP contribution in [0.4, 0.5) is 11.4 Å². The summed E-state index contributed by atoms with van der Waals surface area (Å²) >= 11 is 14.4. The number of halogens is 2. The number of pyridine rings is 1. The third kappa shape index (κ3) is 5.19. The minimum absolute atomic E-state index is 0.371. The van der Waals surface area contributed by atoms with Gasteiger partial charge in [-0.05, 0) is 35.2 Å². The molecule has 1 aliphatic rings.